The lowest BCUT2D eigenvalue weighted by Crippen LogP contribution is -2.51. The maximum atomic E-state index is 9.60. The molecular weight excluding hydrogens is 152 g/mol. The maximum absolute atomic E-state index is 9.60. The van der Waals surface area contributed by atoms with E-state index in [9.17, 15) is 5.11 Å². The lowest BCUT2D eigenvalue weighted by Gasteiger charge is -2.34. The molecule has 0 aliphatic carbocycles. The number of piperazine rings is 1. The lowest BCUT2D eigenvalue weighted by molar-refractivity contribution is 0.0495. The van der Waals surface area contributed by atoms with Gasteiger partial charge in [-0.05, 0) is 27.3 Å². The van der Waals surface area contributed by atoms with Crippen LogP contribution in [0.2, 0.25) is 0 Å². The van der Waals surface area contributed by atoms with Crippen LogP contribution in [-0.4, -0.2) is 48.3 Å². The fourth-order valence-corrected chi connectivity index (χ4v) is 1.73. The Labute approximate surface area is 74.8 Å². The van der Waals surface area contributed by atoms with E-state index < -0.39 is 5.60 Å². The number of hydrogen-bond donors (Lipinski definition) is 2. The molecule has 0 radical (unpaired) electrons. The molecule has 1 saturated heterocycles. The lowest BCUT2D eigenvalue weighted by atomic mass is 9.98. The summed E-state index contributed by atoms with van der Waals surface area (Å²) in [5.74, 6) is 0. The van der Waals surface area contributed by atoms with Crippen molar-refractivity contribution in [2.45, 2.75) is 31.9 Å². The number of likely N-dealkylation sites (N-methyl/N-ethyl adjacent to an activating group) is 1. The molecule has 1 unspecified atom stereocenters. The average molecular weight is 172 g/mol. The van der Waals surface area contributed by atoms with Crippen LogP contribution in [0.5, 0.6) is 0 Å². The molecule has 0 amide bonds. The highest BCUT2D eigenvalue weighted by Gasteiger charge is 2.23. The van der Waals surface area contributed by atoms with E-state index in [0.717, 1.165) is 26.1 Å². The molecule has 0 spiro atoms. The monoisotopic (exact) mass is 172 g/mol. The van der Waals surface area contributed by atoms with Crippen LogP contribution in [0.1, 0.15) is 20.3 Å². The topological polar surface area (TPSA) is 35.5 Å². The van der Waals surface area contributed by atoms with E-state index in [1.54, 1.807) is 0 Å². The van der Waals surface area contributed by atoms with Gasteiger partial charge in [-0.2, -0.15) is 0 Å². The van der Waals surface area contributed by atoms with Crippen molar-refractivity contribution in [2.75, 3.05) is 26.7 Å². The van der Waals surface area contributed by atoms with Gasteiger partial charge in [0.05, 0.1) is 5.60 Å². The van der Waals surface area contributed by atoms with Crippen molar-refractivity contribution in [3.8, 4) is 0 Å². The predicted octanol–water partition coefficient (Wildman–Crippen LogP) is 0.0510. The second-order valence-corrected chi connectivity index (χ2v) is 4.43. The van der Waals surface area contributed by atoms with Gasteiger partial charge in [-0.25, -0.2) is 0 Å². The molecule has 1 rings (SSSR count). The quantitative estimate of drug-likeness (QED) is 0.618. The number of rotatable bonds is 2. The summed E-state index contributed by atoms with van der Waals surface area (Å²) in [6, 6.07) is 0.448. The summed E-state index contributed by atoms with van der Waals surface area (Å²) in [6.45, 7) is 6.93. The minimum Gasteiger partial charge on any atom is -0.390 e. The molecule has 72 valence electrons. The van der Waals surface area contributed by atoms with E-state index in [2.05, 4.69) is 17.3 Å². The Kier molecular flexibility index (Phi) is 3.09. The van der Waals surface area contributed by atoms with Crippen LogP contribution in [0.25, 0.3) is 0 Å². The molecule has 0 bridgehead atoms. The van der Waals surface area contributed by atoms with Crippen LogP contribution in [-0.2, 0) is 0 Å². The zero-order chi connectivity index (χ0) is 9.19. The van der Waals surface area contributed by atoms with E-state index in [1.165, 1.54) is 0 Å². The Morgan fingerprint density at radius 3 is 2.75 bits per heavy atom. The molecule has 1 heterocycles. The molecular formula is C9H20N2O. The summed E-state index contributed by atoms with van der Waals surface area (Å²) in [5.41, 5.74) is -0.546. The molecule has 12 heavy (non-hydrogen) atoms. The van der Waals surface area contributed by atoms with Gasteiger partial charge in [0.15, 0.2) is 0 Å². The standard InChI is InChI=1S/C9H20N2O/c1-9(2,12)6-8-7-11(3)5-4-10-8/h8,10,12H,4-7H2,1-3H3. The van der Waals surface area contributed by atoms with Crippen molar-refractivity contribution in [1.82, 2.24) is 10.2 Å². The molecule has 0 saturated carbocycles. The van der Waals surface area contributed by atoms with Crippen molar-refractivity contribution >= 4 is 0 Å². The van der Waals surface area contributed by atoms with E-state index in [0.29, 0.717) is 6.04 Å². The van der Waals surface area contributed by atoms with Gasteiger partial charge in [0.25, 0.3) is 0 Å². The summed E-state index contributed by atoms with van der Waals surface area (Å²) in [7, 11) is 2.12. The summed E-state index contributed by atoms with van der Waals surface area (Å²) in [5, 5.41) is 13.0. The van der Waals surface area contributed by atoms with Gasteiger partial charge in [-0.1, -0.05) is 0 Å². The van der Waals surface area contributed by atoms with Crippen LogP contribution < -0.4 is 5.32 Å². The van der Waals surface area contributed by atoms with E-state index in [4.69, 9.17) is 0 Å². The van der Waals surface area contributed by atoms with Crippen LogP contribution >= 0.6 is 0 Å². The molecule has 0 aromatic carbocycles. The second kappa shape index (κ2) is 3.73. The molecule has 3 nitrogen and oxygen atoms in total. The Morgan fingerprint density at radius 2 is 2.25 bits per heavy atom. The van der Waals surface area contributed by atoms with Crippen LogP contribution in [0.3, 0.4) is 0 Å². The first kappa shape index (κ1) is 9.96. The third kappa shape index (κ3) is 3.52. The van der Waals surface area contributed by atoms with Gasteiger partial charge in [-0.15, -0.1) is 0 Å². The number of hydrogen-bond acceptors (Lipinski definition) is 3. The van der Waals surface area contributed by atoms with E-state index >= 15 is 0 Å². The maximum Gasteiger partial charge on any atom is 0.0607 e. The van der Waals surface area contributed by atoms with Crippen LogP contribution in [0.4, 0.5) is 0 Å². The minimum atomic E-state index is -0.546. The third-order valence-electron chi connectivity index (χ3n) is 2.20. The highest BCUT2D eigenvalue weighted by atomic mass is 16.3. The molecule has 0 aromatic rings. The minimum absolute atomic E-state index is 0.448. The van der Waals surface area contributed by atoms with Gasteiger partial charge in [0, 0.05) is 25.7 Å². The van der Waals surface area contributed by atoms with Crippen LogP contribution in [0, 0.1) is 0 Å². The number of nitrogens with one attached hydrogen (secondary N) is 1. The molecule has 1 aliphatic rings. The zero-order valence-electron chi connectivity index (χ0n) is 8.30. The molecule has 1 aliphatic heterocycles. The van der Waals surface area contributed by atoms with Gasteiger partial charge >= 0.3 is 0 Å². The average Bonchev–Trinajstić information content (AvgIpc) is 1.82. The second-order valence-electron chi connectivity index (χ2n) is 4.43. The Bertz CT molecular complexity index is 142. The summed E-state index contributed by atoms with van der Waals surface area (Å²) >= 11 is 0. The van der Waals surface area contributed by atoms with Crippen molar-refractivity contribution in [1.29, 1.82) is 0 Å². The van der Waals surface area contributed by atoms with Gasteiger partial charge in [0.1, 0.15) is 0 Å². The molecule has 3 heteroatoms. The Balaban J connectivity index is 2.32. The fraction of sp³-hybridized carbons (Fsp3) is 1.00. The highest BCUT2D eigenvalue weighted by Crippen LogP contribution is 2.12. The number of aliphatic hydroxyl groups is 1. The van der Waals surface area contributed by atoms with Crippen molar-refractivity contribution in [3.05, 3.63) is 0 Å². The highest BCUT2D eigenvalue weighted by molar-refractivity contribution is 4.82. The third-order valence-corrected chi connectivity index (χ3v) is 2.20. The fourth-order valence-electron chi connectivity index (χ4n) is 1.73. The van der Waals surface area contributed by atoms with Gasteiger partial charge in [-0.3, -0.25) is 0 Å². The number of nitrogens with zero attached hydrogens (tertiary/aromatic N) is 1. The molecule has 1 fully saturated rings. The smallest absolute Gasteiger partial charge is 0.0607 e. The zero-order valence-corrected chi connectivity index (χ0v) is 8.30. The first-order valence-electron chi connectivity index (χ1n) is 4.62. The van der Waals surface area contributed by atoms with Crippen LogP contribution in [0.15, 0.2) is 0 Å². The largest absolute Gasteiger partial charge is 0.390 e. The van der Waals surface area contributed by atoms with Crippen molar-refractivity contribution < 1.29 is 5.11 Å². The Morgan fingerprint density at radius 1 is 1.58 bits per heavy atom. The first-order chi connectivity index (χ1) is 5.47. The molecule has 0 aromatic heterocycles. The normalized spacial score (nSPS) is 27.5. The Hall–Kier alpha value is -0.120. The van der Waals surface area contributed by atoms with Gasteiger partial charge < -0.3 is 15.3 Å². The molecule has 2 N–H and O–H groups in total. The molecule has 1 atom stereocenters. The SMILES string of the molecule is CN1CCNC(CC(C)(C)O)C1. The summed E-state index contributed by atoms with van der Waals surface area (Å²) in [4.78, 5) is 2.30. The van der Waals surface area contributed by atoms with E-state index in [-0.39, 0.29) is 0 Å². The van der Waals surface area contributed by atoms with Gasteiger partial charge in [0.2, 0.25) is 0 Å². The summed E-state index contributed by atoms with van der Waals surface area (Å²) < 4.78 is 0. The van der Waals surface area contributed by atoms with Crippen molar-refractivity contribution in [3.63, 3.8) is 0 Å². The van der Waals surface area contributed by atoms with E-state index in [1.807, 2.05) is 13.8 Å². The summed E-state index contributed by atoms with van der Waals surface area (Å²) in [6.07, 6.45) is 0.831. The van der Waals surface area contributed by atoms with Crippen molar-refractivity contribution in [2.24, 2.45) is 0 Å². The first-order valence-corrected chi connectivity index (χ1v) is 4.62. The predicted molar refractivity (Wildman–Crippen MR) is 50.2 cm³/mol.